The molecule has 0 radical (unpaired) electrons. The minimum atomic E-state index is -3.15. The van der Waals surface area contributed by atoms with Crippen LogP contribution < -0.4 is 0 Å². The molecule has 0 saturated carbocycles. The standard InChI is InChI=1S/C15H23ClO3S/c1-15(2,3)20(18,19)9-8-12(11-17)10-13-6-4-5-7-14(13)16/h4-7,12,17H,8-11H2,1-3H3. The van der Waals surface area contributed by atoms with Crippen LogP contribution in [0.5, 0.6) is 0 Å². The molecule has 3 nitrogen and oxygen atoms in total. The summed E-state index contributed by atoms with van der Waals surface area (Å²) in [5.74, 6) is -0.00125. The number of aliphatic hydroxyl groups excluding tert-OH is 1. The second kappa shape index (κ2) is 6.92. The Morgan fingerprint density at radius 2 is 1.85 bits per heavy atom. The Bertz CT molecular complexity index is 532. The van der Waals surface area contributed by atoms with Crippen molar-refractivity contribution in [2.45, 2.75) is 38.4 Å². The maximum absolute atomic E-state index is 12.1. The van der Waals surface area contributed by atoms with Crippen molar-refractivity contribution in [3.63, 3.8) is 0 Å². The third-order valence-corrected chi connectivity index (χ3v) is 6.46. The van der Waals surface area contributed by atoms with Crippen molar-refractivity contribution in [2.75, 3.05) is 12.4 Å². The SMILES string of the molecule is CC(C)(C)S(=O)(=O)CCC(CO)Cc1ccccc1Cl. The van der Waals surface area contributed by atoms with E-state index in [9.17, 15) is 13.5 Å². The van der Waals surface area contributed by atoms with Crippen LogP contribution in [0.1, 0.15) is 32.8 Å². The molecule has 0 aromatic heterocycles. The number of sulfone groups is 1. The molecular formula is C15H23ClO3S. The maximum atomic E-state index is 12.1. The van der Waals surface area contributed by atoms with Crippen LogP contribution in [0.3, 0.4) is 0 Å². The van der Waals surface area contributed by atoms with Gasteiger partial charge in [-0.25, -0.2) is 8.42 Å². The van der Waals surface area contributed by atoms with Crippen LogP contribution in [0.2, 0.25) is 5.02 Å². The van der Waals surface area contributed by atoms with Crippen molar-refractivity contribution >= 4 is 21.4 Å². The van der Waals surface area contributed by atoms with Crippen LogP contribution in [-0.2, 0) is 16.3 Å². The fraction of sp³-hybridized carbons (Fsp3) is 0.600. The van der Waals surface area contributed by atoms with Crippen molar-refractivity contribution in [2.24, 2.45) is 5.92 Å². The fourth-order valence-corrected chi connectivity index (χ4v) is 3.33. The summed E-state index contributed by atoms with van der Waals surface area (Å²) in [7, 11) is -3.15. The summed E-state index contributed by atoms with van der Waals surface area (Å²) in [6, 6.07) is 7.45. The highest BCUT2D eigenvalue weighted by atomic mass is 35.5. The topological polar surface area (TPSA) is 54.4 Å². The lowest BCUT2D eigenvalue weighted by Gasteiger charge is -2.21. The highest BCUT2D eigenvalue weighted by Crippen LogP contribution is 2.23. The van der Waals surface area contributed by atoms with E-state index < -0.39 is 14.6 Å². The predicted octanol–water partition coefficient (Wildman–Crippen LogP) is 3.09. The van der Waals surface area contributed by atoms with Crippen molar-refractivity contribution in [1.29, 1.82) is 0 Å². The van der Waals surface area contributed by atoms with Crippen LogP contribution in [0.25, 0.3) is 0 Å². The van der Waals surface area contributed by atoms with Crippen molar-refractivity contribution in [1.82, 2.24) is 0 Å². The van der Waals surface area contributed by atoms with Crippen LogP contribution in [-0.4, -0.2) is 30.6 Å². The smallest absolute Gasteiger partial charge is 0.155 e. The first kappa shape index (κ1) is 17.5. The van der Waals surface area contributed by atoms with Crippen LogP contribution >= 0.6 is 11.6 Å². The van der Waals surface area contributed by atoms with E-state index >= 15 is 0 Å². The number of rotatable bonds is 6. The van der Waals surface area contributed by atoms with Crippen LogP contribution in [0.4, 0.5) is 0 Å². The van der Waals surface area contributed by atoms with Gasteiger partial charge in [0.15, 0.2) is 9.84 Å². The Balaban J connectivity index is 2.68. The van der Waals surface area contributed by atoms with E-state index in [0.29, 0.717) is 17.9 Å². The molecule has 1 aromatic rings. The molecule has 0 aliphatic rings. The van der Waals surface area contributed by atoms with E-state index in [1.165, 1.54) is 0 Å². The lowest BCUT2D eigenvalue weighted by atomic mass is 9.98. The quantitative estimate of drug-likeness (QED) is 0.877. The van der Waals surface area contributed by atoms with Gasteiger partial charge in [-0.3, -0.25) is 0 Å². The molecule has 0 aliphatic carbocycles. The maximum Gasteiger partial charge on any atom is 0.155 e. The normalized spacial score (nSPS) is 14.2. The highest BCUT2D eigenvalue weighted by molar-refractivity contribution is 7.92. The third kappa shape index (κ3) is 4.76. The Kier molecular flexibility index (Phi) is 6.05. The van der Waals surface area contributed by atoms with E-state index in [4.69, 9.17) is 11.6 Å². The molecule has 0 bridgehead atoms. The zero-order valence-corrected chi connectivity index (χ0v) is 13.8. The average molecular weight is 319 g/mol. The largest absolute Gasteiger partial charge is 0.396 e. The summed E-state index contributed by atoms with van der Waals surface area (Å²) >= 11 is 6.09. The van der Waals surface area contributed by atoms with Gasteiger partial charge in [-0.05, 0) is 51.2 Å². The van der Waals surface area contributed by atoms with Gasteiger partial charge in [-0.2, -0.15) is 0 Å². The summed E-state index contributed by atoms with van der Waals surface area (Å²) in [5, 5.41) is 10.1. The molecule has 5 heteroatoms. The van der Waals surface area contributed by atoms with Gasteiger partial charge in [0.1, 0.15) is 0 Å². The number of hydrogen-bond donors (Lipinski definition) is 1. The van der Waals surface area contributed by atoms with Gasteiger partial charge < -0.3 is 5.11 Å². The van der Waals surface area contributed by atoms with Gasteiger partial charge in [0.05, 0.1) is 10.5 Å². The summed E-state index contributed by atoms with van der Waals surface area (Å²) in [4.78, 5) is 0. The number of aliphatic hydroxyl groups is 1. The molecule has 1 unspecified atom stereocenters. The second-order valence-corrected chi connectivity index (χ2v) is 9.33. The molecule has 1 atom stereocenters. The number of halogens is 1. The predicted molar refractivity (Wildman–Crippen MR) is 83.9 cm³/mol. The van der Waals surface area contributed by atoms with Gasteiger partial charge in [0.2, 0.25) is 0 Å². The Labute approximate surface area is 126 Å². The molecular weight excluding hydrogens is 296 g/mol. The lowest BCUT2D eigenvalue weighted by Crippen LogP contribution is -2.31. The Morgan fingerprint density at radius 3 is 2.35 bits per heavy atom. The summed E-state index contributed by atoms with van der Waals surface area (Å²) in [6.07, 6.45) is 1.04. The molecule has 20 heavy (non-hydrogen) atoms. The molecule has 0 heterocycles. The second-order valence-electron chi connectivity index (χ2n) is 6.06. The van der Waals surface area contributed by atoms with Crippen molar-refractivity contribution in [3.05, 3.63) is 34.9 Å². The molecule has 0 spiro atoms. The third-order valence-electron chi connectivity index (χ3n) is 3.45. The molecule has 0 saturated heterocycles. The number of benzene rings is 1. The van der Waals surface area contributed by atoms with Crippen LogP contribution in [0, 0.1) is 5.92 Å². The first-order valence-corrected chi connectivity index (χ1v) is 8.77. The summed E-state index contributed by atoms with van der Waals surface area (Å²) in [6.45, 7) is 5.06. The Hall–Kier alpha value is -0.580. The van der Waals surface area contributed by atoms with Gasteiger partial charge in [0.25, 0.3) is 0 Å². The van der Waals surface area contributed by atoms with Gasteiger partial charge in [0, 0.05) is 11.6 Å². The average Bonchev–Trinajstić information content (AvgIpc) is 2.35. The van der Waals surface area contributed by atoms with Gasteiger partial charge in [-0.15, -0.1) is 0 Å². The highest BCUT2D eigenvalue weighted by Gasteiger charge is 2.29. The van der Waals surface area contributed by atoms with Crippen molar-refractivity contribution < 1.29 is 13.5 Å². The zero-order valence-electron chi connectivity index (χ0n) is 12.3. The van der Waals surface area contributed by atoms with Crippen LogP contribution in [0.15, 0.2) is 24.3 Å². The van der Waals surface area contributed by atoms with E-state index in [0.717, 1.165) is 5.56 Å². The van der Waals surface area contributed by atoms with E-state index in [-0.39, 0.29) is 18.3 Å². The summed E-state index contributed by atoms with van der Waals surface area (Å²) in [5.41, 5.74) is 0.946. The minimum Gasteiger partial charge on any atom is -0.396 e. The fourth-order valence-electron chi connectivity index (χ4n) is 1.86. The van der Waals surface area contributed by atoms with Crippen molar-refractivity contribution in [3.8, 4) is 0 Å². The molecule has 1 rings (SSSR count). The van der Waals surface area contributed by atoms with Gasteiger partial charge >= 0.3 is 0 Å². The zero-order chi connectivity index (χ0) is 15.4. The molecule has 0 fully saturated rings. The van der Waals surface area contributed by atoms with Gasteiger partial charge in [-0.1, -0.05) is 29.8 Å². The molecule has 0 aliphatic heterocycles. The lowest BCUT2D eigenvalue weighted by molar-refractivity contribution is 0.222. The molecule has 0 amide bonds. The first-order valence-electron chi connectivity index (χ1n) is 6.74. The summed E-state index contributed by atoms with van der Waals surface area (Å²) < 4.78 is 23.4. The molecule has 1 aromatic carbocycles. The van der Waals surface area contributed by atoms with E-state index in [2.05, 4.69) is 0 Å². The molecule has 114 valence electrons. The Morgan fingerprint density at radius 1 is 1.25 bits per heavy atom. The monoisotopic (exact) mass is 318 g/mol. The molecule has 1 N–H and O–H groups in total. The number of hydrogen-bond acceptors (Lipinski definition) is 3. The van der Waals surface area contributed by atoms with E-state index in [1.54, 1.807) is 26.8 Å². The van der Waals surface area contributed by atoms with E-state index in [1.807, 2.05) is 18.2 Å². The first-order chi connectivity index (χ1) is 9.17. The minimum absolute atomic E-state index is 0.0368.